The minimum Gasteiger partial charge on any atom is -0.496 e. The van der Waals surface area contributed by atoms with Crippen molar-refractivity contribution in [1.82, 2.24) is 0 Å². The third kappa shape index (κ3) is 4.86. The Morgan fingerprint density at radius 3 is 2.27 bits per heavy atom. The summed E-state index contributed by atoms with van der Waals surface area (Å²) in [5.41, 5.74) is 1.47. The Balaban J connectivity index is 2.23. The predicted octanol–water partition coefficient (Wildman–Crippen LogP) is 6.75. The van der Waals surface area contributed by atoms with Crippen molar-refractivity contribution >= 4 is 37.1 Å². The van der Waals surface area contributed by atoms with Crippen LogP contribution >= 0.6 is 15.9 Å². The summed E-state index contributed by atoms with van der Waals surface area (Å²) in [7, 11) is -1.91. The number of hydrogen-bond acceptors (Lipinski definition) is 4. The van der Waals surface area contributed by atoms with Crippen LogP contribution in [-0.4, -0.2) is 27.8 Å². The molecule has 0 atom stereocenters. The van der Waals surface area contributed by atoms with Gasteiger partial charge in [0.2, 0.25) is 0 Å². The molecule has 0 amide bonds. The zero-order valence-corrected chi connectivity index (χ0v) is 20.6. The number of sulfone groups is 1. The molecule has 164 valence electrons. The van der Waals surface area contributed by atoms with Gasteiger partial charge in [0, 0.05) is 23.7 Å². The number of fused-ring (bicyclic) bond motifs is 1. The molecule has 0 aliphatic carbocycles. The fourth-order valence-corrected chi connectivity index (χ4v) is 7.07. The van der Waals surface area contributed by atoms with Gasteiger partial charge in [-0.15, -0.1) is 0 Å². The van der Waals surface area contributed by atoms with Gasteiger partial charge in [-0.05, 0) is 47.0 Å². The number of anilines is 2. The lowest BCUT2D eigenvalue weighted by Gasteiger charge is -2.37. The van der Waals surface area contributed by atoms with Crippen molar-refractivity contribution in [2.24, 2.45) is 5.41 Å². The Bertz CT molecular complexity index is 952. The van der Waals surface area contributed by atoms with E-state index in [2.05, 4.69) is 46.8 Å². The van der Waals surface area contributed by atoms with E-state index in [1.165, 1.54) is 0 Å². The molecule has 0 aromatic heterocycles. The summed E-state index contributed by atoms with van der Waals surface area (Å²) in [6.45, 7) is 5.04. The van der Waals surface area contributed by atoms with Crippen molar-refractivity contribution < 1.29 is 13.2 Å². The van der Waals surface area contributed by atoms with Crippen molar-refractivity contribution in [3.05, 3.63) is 46.9 Å². The molecule has 3 rings (SSSR count). The van der Waals surface area contributed by atoms with E-state index in [4.69, 9.17) is 4.74 Å². The van der Waals surface area contributed by atoms with Crippen LogP contribution < -0.4 is 9.64 Å². The molecule has 30 heavy (non-hydrogen) atoms. The fourth-order valence-electron chi connectivity index (χ4n) is 4.46. The van der Waals surface area contributed by atoms with Crippen molar-refractivity contribution in [3.8, 4) is 5.75 Å². The first kappa shape index (κ1) is 23.1. The van der Waals surface area contributed by atoms with Crippen LogP contribution in [0.15, 0.2) is 51.8 Å². The minimum absolute atomic E-state index is 0.182. The van der Waals surface area contributed by atoms with Gasteiger partial charge >= 0.3 is 0 Å². The second-order valence-corrected chi connectivity index (χ2v) is 11.2. The smallest absolute Gasteiger partial charge is 0.181 e. The summed E-state index contributed by atoms with van der Waals surface area (Å²) in [5.74, 6) is 0.723. The molecule has 0 radical (unpaired) electrons. The normalized spacial score (nSPS) is 17.3. The molecule has 2 aromatic rings. The molecule has 6 heteroatoms. The maximum atomic E-state index is 13.7. The van der Waals surface area contributed by atoms with Gasteiger partial charge < -0.3 is 9.64 Å². The number of nitrogens with zero attached hydrogens (tertiary/aromatic N) is 1. The van der Waals surface area contributed by atoms with E-state index >= 15 is 0 Å². The molecule has 1 aliphatic rings. The number of para-hydroxylation sites is 1. The van der Waals surface area contributed by atoms with Gasteiger partial charge in [0.05, 0.1) is 27.9 Å². The monoisotopic (exact) mass is 493 g/mol. The third-order valence-electron chi connectivity index (χ3n) is 6.04. The number of hydrogen-bond donors (Lipinski definition) is 0. The van der Waals surface area contributed by atoms with E-state index in [0.29, 0.717) is 17.2 Å². The Labute approximate surface area is 189 Å². The first-order valence-electron chi connectivity index (χ1n) is 10.8. The highest BCUT2D eigenvalue weighted by Crippen LogP contribution is 2.47. The SMILES string of the molecule is CCCCC1(CCCC)CN(c2ccccc2)c2cc(Br)c(OC)cc2S(=O)(=O)C1. The van der Waals surface area contributed by atoms with Crippen LogP contribution in [0.2, 0.25) is 0 Å². The minimum atomic E-state index is -3.48. The largest absolute Gasteiger partial charge is 0.496 e. The van der Waals surface area contributed by atoms with E-state index in [1.54, 1.807) is 13.2 Å². The van der Waals surface area contributed by atoms with Crippen LogP contribution in [0.1, 0.15) is 52.4 Å². The summed E-state index contributed by atoms with van der Waals surface area (Å²) in [4.78, 5) is 2.57. The Morgan fingerprint density at radius 1 is 1.07 bits per heavy atom. The molecule has 0 fully saturated rings. The lowest BCUT2D eigenvalue weighted by molar-refractivity contribution is 0.270. The number of benzene rings is 2. The number of halogens is 1. The molecule has 1 heterocycles. The van der Waals surface area contributed by atoms with Crippen LogP contribution in [-0.2, 0) is 9.84 Å². The summed E-state index contributed by atoms with van der Waals surface area (Å²) in [5, 5.41) is 0. The summed E-state index contributed by atoms with van der Waals surface area (Å²) in [6, 6.07) is 13.7. The Hall–Kier alpha value is -1.53. The van der Waals surface area contributed by atoms with E-state index < -0.39 is 9.84 Å². The van der Waals surface area contributed by atoms with Crippen molar-refractivity contribution in [2.45, 2.75) is 57.3 Å². The lowest BCUT2D eigenvalue weighted by Crippen LogP contribution is -2.38. The maximum Gasteiger partial charge on any atom is 0.181 e. The highest BCUT2D eigenvalue weighted by molar-refractivity contribution is 9.10. The second kappa shape index (κ2) is 9.73. The highest BCUT2D eigenvalue weighted by atomic mass is 79.9. The summed E-state index contributed by atoms with van der Waals surface area (Å²) >= 11 is 3.56. The average Bonchev–Trinajstić information content (AvgIpc) is 2.83. The van der Waals surface area contributed by atoms with Crippen molar-refractivity contribution in [2.75, 3.05) is 24.3 Å². The Morgan fingerprint density at radius 2 is 1.70 bits per heavy atom. The number of unbranched alkanes of at least 4 members (excludes halogenated alkanes) is 2. The molecule has 0 saturated carbocycles. The van der Waals surface area contributed by atoms with E-state index in [1.807, 2.05) is 24.3 Å². The molecule has 0 unspecified atom stereocenters. The molecule has 0 N–H and O–H groups in total. The van der Waals surface area contributed by atoms with Gasteiger partial charge in [-0.2, -0.15) is 0 Å². The van der Waals surface area contributed by atoms with E-state index in [-0.39, 0.29) is 11.2 Å². The average molecular weight is 494 g/mol. The van der Waals surface area contributed by atoms with Gasteiger partial charge in [0.1, 0.15) is 5.75 Å². The van der Waals surface area contributed by atoms with E-state index in [0.717, 1.165) is 54.4 Å². The first-order valence-corrected chi connectivity index (χ1v) is 13.2. The Kier molecular flexibility index (Phi) is 7.51. The quantitative estimate of drug-likeness (QED) is 0.407. The molecule has 0 bridgehead atoms. The molecule has 0 spiro atoms. The van der Waals surface area contributed by atoms with Gasteiger partial charge in [-0.25, -0.2) is 8.42 Å². The maximum absolute atomic E-state index is 13.7. The van der Waals surface area contributed by atoms with Crippen molar-refractivity contribution in [3.63, 3.8) is 0 Å². The van der Waals surface area contributed by atoms with Crippen molar-refractivity contribution in [1.29, 1.82) is 0 Å². The third-order valence-corrected chi connectivity index (χ3v) is 8.65. The molecule has 0 saturated heterocycles. The van der Waals surface area contributed by atoms with Crippen LogP contribution in [0.3, 0.4) is 0 Å². The van der Waals surface area contributed by atoms with Gasteiger partial charge in [-0.1, -0.05) is 57.7 Å². The second-order valence-electron chi connectivity index (χ2n) is 8.34. The topological polar surface area (TPSA) is 46.6 Å². The molecule has 2 aromatic carbocycles. The van der Waals surface area contributed by atoms with E-state index in [9.17, 15) is 8.42 Å². The fraction of sp³-hybridized carbons (Fsp3) is 0.500. The molecular formula is C24H32BrNO3S. The zero-order valence-electron chi connectivity index (χ0n) is 18.2. The van der Waals surface area contributed by atoms with Crippen LogP contribution in [0.4, 0.5) is 11.4 Å². The number of ether oxygens (including phenoxy) is 1. The predicted molar refractivity (Wildman–Crippen MR) is 128 cm³/mol. The molecule has 1 aliphatic heterocycles. The highest BCUT2D eigenvalue weighted by Gasteiger charge is 2.42. The summed E-state index contributed by atoms with van der Waals surface area (Å²) in [6.07, 6.45) is 6.02. The van der Waals surface area contributed by atoms with Gasteiger partial charge in [0.25, 0.3) is 0 Å². The standard InChI is InChI=1S/C24H32BrNO3S/c1-4-6-13-24(14-7-5-2)17-26(19-11-9-8-10-12-19)21-15-20(25)22(29-3)16-23(21)30(27,28)18-24/h8-12,15-16H,4-7,13-14,17-18H2,1-3H3. The number of rotatable bonds is 8. The lowest BCUT2D eigenvalue weighted by atomic mass is 9.79. The van der Waals surface area contributed by atoms with Crippen LogP contribution in [0.5, 0.6) is 5.75 Å². The number of methoxy groups -OCH3 is 1. The molecular weight excluding hydrogens is 462 g/mol. The van der Waals surface area contributed by atoms with Gasteiger partial charge in [0.15, 0.2) is 9.84 Å². The first-order chi connectivity index (χ1) is 14.4. The molecule has 4 nitrogen and oxygen atoms in total. The van der Waals surface area contributed by atoms with Gasteiger partial charge in [-0.3, -0.25) is 0 Å². The van der Waals surface area contributed by atoms with Crippen LogP contribution in [0, 0.1) is 5.41 Å². The van der Waals surface area contributed by atoms with Crippen LogP contribution in [0.25, 0.3) is 0 Å². The summed E-state index contributed by atoms with van der Waals surface area (Å²) < 4.78 is 33.6. The zero-order chi connectivity index (χ0) is 21.8.